The van der Waals surface area contributed by atoms with Gasteiger partial charge in [-0.05, 0) is 12.8 Å². The van der Waals surface area contributed by atoms with Crippen molar-refractivity contribution in [2.45, 2.75) is 79.1 Å². The van der Waals surface area contributed by atoms with Gasteiger partial charge >= 0.3 is 0 Å². The van der Waals surface area contributed by atoms with Crippen molar-refractivity contribution in [2.24, 2.45) is 5.92 Å². The topological polar surface area (TPSA) is 44.4 Å². The van der Waals surface area contributed by atoms with Crippen molar-refractivity contribution in [2.75, 3.05) is 13.1 Å². The number of hydrazine groups is 2. The Hall–Kier alpha value is -0.610. The smallest absolute Gasteiger partial charge is 0.254 e. The maximum atomic E-state index is 12.4. The van der Waals surface area contributed by atoms with Crippen molar-refractivity contribution >= 4 is 5.91 Å². The van der Waals surface area contributed by atoms with Crippen LogP contribution in [0.2, 0.25) is 0 Å². The molecular weight excluding hydrogens is 250 g/mol. The standard InChI is InChI=1S/C16H35N3O/c1-5-9-10-11-12-13-14-15(6-2)16(20)19(17-7-3)18-8-4/h15,17-18H,5-14H2,1-4H3. The summed E-state index contributed by atoms with van der Waals surface area (Å²) in [5.74, 6) is 0.323. The molecule has 0 saturated carbocycles. The second-order valence-electron chi connectivity index (χ2n) is 5.36. The summed E-state index contributed by atoms with van der Waals surface area (Å²) in [5, 5.41) is 1.59. The minimum Gasteiger partial charge on any atom is -0.272 e. The lowest BCUT2D eigenvalue weighted by Crippen LogP contribution is -2.53. The number of unbranched alkanes of at least 4 members (excludes halogenated alkanes) is 5. The van der Waals surface area contributed by atoms with Crippen LogP contribution >= 0.6 is 0 Å². The van der Waals surface area contributed by atoms with E-state index in [1.165, 1.54) is 38.5 Å². The van der Waals surface area contributed by atoms with Gasteiger partial charge in [-0.25, -0.2) is 16.0 Å². The van der Waals surface area contributed by atoms with Gasteiger partial charge in [-0.2, -0.15) is 0 Å². The minimum absolute atomic E-state index is 0.138. The number of carbonyl (C=O) groups excluding carboxylic acids is 1. The van der Waals surface area contributed by atoms with Crippen LogP contribution in [0, 0.1) is 5.92 Å². The molecule has 0 heterocycles. The van der Waals surface area contributed by atoms with E-state index in [2.05, 4.69) is 24.7 Å². The normalized spacial score (nSPS) is 12.4. The van der Waals surface area contributed by atoms with E-state index >= 15 is 0 Å². The highest BCUT2D eigenvalue weighted by atomic mass is 16.2. The summed E-state index contributed by atoms with van der Waals surface area (Å²) in [6.45, 7) is 9.87. The number of rotatable bonds is 13. The van der Waals surface area contributed by atoms with E-state index in [-0.39, 0.29) is 11.8 Å². The first-order valence-electron chi connectivity index (χ1n) is 8.52. The highest BCUT2D eigenvalue weighted by Gasteiger charge is 2.21. The van der Waals surface area contributed by atoms with Crippen molar-refractivity contribution in [3.05, 3.63) is 0 Å². The molecule has 1 atom stereocenters. The molecule has 0 aromatic rings. The predicted octanol–water partition coefficient (Wildman–Crippen LogP) is 3.64. The quantitative estimate of drug-likeness (QED) is 0.401. The van der Waals surface area contributed by atoms with E-state index in [1.807, 2.05) is 13.8 Å². The zero-order valence-corrected chi connectivity index (χ0v) is 14.0. The summed E-state index contributed by atoms with van der Waals surface area (Å²) in [6, 6.07) is 0. The number of nitrogens with one attached hydrogen (secondary N) is 2. The Morgan fingerprint density at radius 1 is 0.900 bits per heavy atom. The third-order valence-electron chi connectivity index (χ3n) is 3.60. The fourth-order valence-corrected chi connectivity index (χ4v) is 2.38. The Morgan fingerprint density at radius 3 is 1.95 bits per heavy atom. The molecular formula is C16H35N3O. The monoisotopic (exact) mass is 285 g/mol. The maximum Gasteiger partial charge on any atom is 0.254 e. The fourth-order valence-electron chi connectivity index (χ4n) is 2.38. The van der Waals surface area contributed by atoms with Gasteiger partial charge in [0, 0.05) is 19.0 Å². The van der Waals surface area contributed by atoms with Crippen LogP contribution in [0.4, 0.5) is 0 Å². The molecule has 0 radical (unpaired) electrons. The highest BCUT2D eigenvalue weighted by molar-refractivity contribution is 5.77. The van der Waals surface area contributed by atoms with Crippen LogP contribution in [-0.2, 0) is 4.79 Å². The SMILES string of the molecule is CCCCCCCCC(CC)C(=O)N(NCC)NCC. The first-order valence-corrected chi connectivity index (χ1v) is 8.52. The molecule has 0 spiro atoms. The molecule has 0 bridgehead atoms. The zero-order valence-electron chi connectivity index (χ0n) is 14.0. The van der Waals surface area contributed by atoms with Gasteiger partial charge in [0.1, 0.15) is 0 Å². The van der Waals surface area contributed by atoms with E-state index in [0.717, 1.165) is 25.9 Å². The molecule has 0 aliphatic rings. The van der Waals surface area contributed by atoms with Crippen molar-refractivity contribution < 1.29 is 4.79 Å². The Bertz CT molecular complexity index is 228. The zero-order chi connectivity index (χ0) is 15.2. The van der Waals surface area contributed by atoms with Crippen molar-refractivity contribution in [3.8, 4) is 0 Å². The number of nitrogens with zero attached hydrogens (tertiary/aromatic N) is 1. The average molecular weight is 285 g/mol. The van der Waals surface area contributed by atoms with Crippen molar-refractivity contribution in [3.63, 3.8) is 0 Å². The van der Waals surface area contributed by atoms with E-state index in [1.54, 1.807) is 5.12 Å². The van der Waals surface area contributed by atoms with Crippen LogP contribution in [0.15, 0.2) is 0 Å². The van der Waals surface area contributed by atoms with Gasteiger partial charge in [0.15, 0.2) is 0 Å². The lowest BCUT2D eigenvalue weighted by Gasteiger charge is -2.27. The fraction of sp³-hybridized carbons (Fsp3) is 0.938. The second-order valence-corrected chi connectivity index (χ2v) is 5.36. The number of hydrogen-bond acceptors (Lipinski definition) is 3. The van der Waals surface area contributed by atoms with Crippen LogP contribution < -0.4 is 10.9 Å². The van der Waals surface area contributed by atoms with Gasteiger partial charge in [0.2, 0.25) is 0 Å². The third-order valence-corrected chi connectivity index (χ3v) is 3.60. The Kier molecular flexibility index (Phi) is 13.0. The second kappa shape index (κ2) is 13.4. The molecule has 4 heteroatoms. The van der Waals surface area contributed by atoms with Crippen LogP contribution in [0.5, 0.6) is 0 Å². The van der Waals surface area contributed by atoms with Gasteiger partial charge in [0.25, 0.3) is 5.91 Å². The van der Waals surface area contributed by atoms with E-state index in [9.17, 15) is 4.79 Å². The Labute approximate surface area is 125 Å². The predicted molar refractivity (Wildman–Crippen MR) is 86.0 cm³/mol. The number of amides is 1. The molecule has 1 unspecified atom stereocenters. The summed E-state index contributed by atoms with van der Waals surface area (Å²) in [5.41, 5.74) is 6.18. The first-order chi connectivity index (χ1) is 9.71. The molecule has 0 rings (SSSR count). The summed E-state index contributed by atoms with van der Waals surface area (Å²) >= 11 is 0. The summed E-state index contributed by atoms with van der Waals surface area (Å²) in [4.78, 5) is 12.4. The largest absolute Gasteiger partial charge is 0.272 e. The highest BCUT2D eigenvalue weighted by Crippen LogP contribution is 2.16. The lowest BCUT2D eigenvalue weighted by molar-refractivity contribution is -0.143. The summed E-state index contributed by atoms with van der Waals surface area (Å²) in [7, 11) is 0. The molecule has 20 heavy (non-hydrogen) atoms. The van der Waals surface area contributed by atoms with Crippen LogP contribution in [0.25, 0.3) is 0 Å². The van der Waals surface area contributed by atoms with Gasteiger partial charge in [-0.1, -0.05) is 66.2 Å². The van der Waals surface area contributed by atoms with Gasteiger partial charge in [-0.15, -0.1) is 0 Å². The van der Waals surface area contributed by atoms with Gasteiger partial charge in [0.05, 0.1) is 0 Å². The molecule has 0 aromatic heterocycles. The van der Waals surface area contributed by atoms with Crippen LogP contribution in [0.3, 0.4) is 0 Å². The number of hydrogen-bond donors (Lipinski definition) is 2. The molecule has 0 aliphatic heterocycles. The molecule has 0 saturated heterocycles. The molecule has 0 aromatic carbocycles. The molecule has 0 fully saturated rings. The molecule has 2 N–H and O–H groups in total. The van der Waals surface area contributed by atoms with Crippen molar-refractivity contribution in [1.29, 1.82) is 0 Å². The molecule has 4 nitrogen and oxygen atoms in total. The lowest BCUT2D eigenvalue weighted by atomic mass is 9.97. The average Bonchev–Trinajstić information content (AvgIpc) is 2.46. The molecule has 120 valence electrons. The van der Waals surface area contributed by atoms with Gasteiger partial charge in [-0.3, -0.25) is 4.79 Å². The van der Waals surface area contributed by atoms with E-state index < -0.39 is 0 Å². The Balaban J connectivity index is 4.05. The van der Waals surface area contributed by atoms with Crippen LogP contribution in [-0.4, -0.2) is 24.1 Å². The Morgan fingerprint density at radius 2 is 1.45 bits per heavy atom. The summed E-state index contributed by atoms with van der Waals surface area (Å²) in [6.07, 6.45) is 9.62. The maximum absolute atomic E-state index is 12.4. The van der Waals surface area contributed by atoms with Crippen molar-refractivity contribution in [1.82, 2.24) is 16.0 Å². The molecule has 0 aliphatic carbocycles. The minimum atomic E-state index is 0.138. The van der Waals surface area contributed by atoms with Gasteiger partial charge < -0.3 is 0 Å². The first kappa shape index (κ1) is 19.4. The van der Waals surface area contributed by atoms with Crippen LogP contribution in [0.1, 0.15) is 79.1 Å². The third kappa shape index (κ3) is 8.54. The van der Waals surface area contributed by atoms with E-state index in [0.29, 0.717) is 0 Å². The number of carbonyl (C=O) groups is 1. The van der Waals surface area contributed by atoms with E-state index in [4.69, 9.17) is 0 Å². The summed E-state index contributed by atoms with van der Waals surface area (Å²) < 4.78 is 0. The molecule has 1 amide bonds.